The second-order valence-electron chi connectivity index (χ2n) is 7.55. The second kappa shape index (κ2) is 9.85. The highest BCUT2D eigenvalue weighted by atomic mass is 35.5. The van der Waals surface area contributed by atoms with E-state index in [0.717, 1.165) is 43.1 Å². The van der Waals surface area contributed by atoms with Crippen LogP contribution in [0.1, 0.15) is 11.1 Å². The van der Waals surface area contributed by atoms with E-state index in [0.29, 0.717) is 18.1 Å². The van der Waals surface area contributed by atoms with Crippen molar-refractivity contribution < 1.29 is 9.53 Å². The third-order valence-corrected chi connectivity index (χ3v) is 5.50. The summed E-state index contributed by atoms with van der Waals surface area (Å²) in [6.07, 6.45) is 3.65. The third-order valence-electron chi connectivity index (χ3n) is 5.25. The number of amides is 2. The molecule has 2 aromatic carbocycles. The summed E-state index contributed by atoms with van der Waals surface area (Å²) in [6, 6.07) is 15.7. The van der Waals surface area contributed by atoms with Gasteiger partial charge in [-0.05, 0) is 42.0 Å². The van der Waals surface area contributed by atoms with Gasteiger partial charge >= 0.3 is 6.03 Å². The van der Waals surface area contributed by atoms with Gasteiger partial charge in [-0.25, -0.2) is 9.48 Å². The minimum atomic E-state index is -0.128. The van der Waals surface area contributed by atoms with Crippen molar-refractivity contribution in [3.63, 3.8) is 0 Å². The lowest BCUT2D eigenvalue weighted by atomic mass is 10.2. The van der Waals surface area contributed by atoms with Crippen LogP contribution >= 0.6 is 11.6 Å². The molecule has 1 fully saturated rings. The Morgan fingerprint density at radius 1 is 1.06 bits per heavy atom. The van der Waals surface area contributed by atoms with Gasteiger partial charge in [0, 0.05) is 55.7 Å². The molecule has 8 heteroatoms. The predicted octanol–water partition coefficient (Wildman–Crippen LogP) is 3.70. The fourth-order valence-electron chi connectivity index (χ4n) is 3.48. The summed E-state index contributed by atoms with van der Waals surface area (Å²) in [5.74, 6) is 0. The Kier molecular flexibility index (Phi) is 6.74. The lowest BCUT2D eigenvalue weighted by molar-refractivity contribution is 0.122. The van der Waals surface area contributed by atoms with E-state index >= 15 is 0 Å². The first-order valence-corrected chi connectivity index (χ1v) is 10.7. The van der Waals surface area contributed by atoms with Crippen LogP contribution in [0.3, 0.4) is 0 Å². The molecule has 0 spiro atoms. The normalized spacial score (nSPS) is 13.8. The van der Waals surface area contributed by atoms with Crippen LogP contribution in [0.4, 0.5) is 10.5 Å². The Labute approximate surface area is 187 Å². The molecule has 2 amide bonds. The zero-order valence-electron chi connectivity index (χ0n) is 17.5. The maximum Gasteiger partial charge on any atom is 0.317 e. The number of morpholine rings is 1. The molecule has 3 aromatic rings. The molecule has 1 aliphatic rings. The largest absolute Gasteiger partial charge is 0.378 e. The molecule has 0 atom stereocenters. The van der Waals surface area contributed by atoms with E-state index in [2.05, 4.69) is 39.6 Å². The smallest absolute Gasteiger partial charge is 0.317 e. The van der Waals surface area contributed by atoms with Crippen molar-refractivity contribution in [1.82, 2.24) is 20.0 Å². The van der Waals surface area contributed by atoms with Crippen molar-refractivity contribution in [2.24, 2.45) is 0 Å². The number of aromatic nitrogens is 2. The maximum atomic E-state index is 12.5. The fourth-order valence-corrected chi connectivity index (χ4v) is 3.60. The topological polar surface area (TPSA) is 62.6 Å². The number of hydrogen-bond donors (Lipinski definition) is 1. The minimum absolute atomic E-state index is 0.128. The van der Waals surface area contributed by atoms with Gasteiger partial charge in [0.05, 0.1) is 25.1 Å². The first-order chi connectivity index (χ1) is 15.1. The zero-order chi connectivity index (χ0) is 21.6. The number of halogens is 1. The summed E-state index contributed by atoms with van der Waals surface area (Å²) in [4.78, 5) is 16.5. The monoisotopic (exact) mass is 439 g/mol. The van der Waals surface area contributed by atoms with Crippen molar-refractivity contribution >= 4 is 23.3 Å². The molecule has 7 nitrogen and oxygen atoms in total. The Balaban J connectivity index is 1.27. The second-order valence-corrected chi connectivity index (χ2v) is 7.99. The van der Waals surface area contributed by atoms with E-state index in [-0.39, 0.29) is 6.03 Å². The number of carbonyl (C=O) groups excluding carboxylic acids is 1. The molecule has 31 heavy (non-hydrogen) atoms. The number of hydrogen-bond acceptors (Lipinski definition) is 4. The number of nitrogens with zero attached hydrogens (tertiary/aromatic N) is 4. The first-order valence-electron chi connectivity index (χ1n) is 10.3. The molecule has 1 N–H and O–H groups in total. The van der Waals surface area contributed by atoms with Gasteiger partial charge in [-0.2, -0.15) is 5.10 Å². The van der Waals surface area contributed by atoms with E-state index in [4.69, 9.17) is 16.3 Å². The van der Waals surface area contributed by atoms with Crippen LogP contribution in [0.2, 0.25) is 5.02 Å². The number of nitrogens with one attached hydrogen (secondary N) is 1. The van der Waals surface area contributed by atoms with Crippen LogP contribution in [0.25, 0.3) is 5.69 Å². The van der Waals surface area contributed by atoms with E-state index < -0.39 is 0 Å². The van der Waals surface area contributed by atoms with Crippen molar-refractivity contribution in [3.8, 4) is 5.69 Å². The molecule has 2 heterocycles. The van der Waals surface area contributed by atoms with Crippen molar-refractivity contribution in [3.05, 3.63) is 77.1 Å². The summed E-state index contributed by atoms with van der Waals surface area (Å²) < 4.78 is 7.17. The van der Waals surface area contributed by atoms with Crippen molar-refractivity contribution in [1.29, 1.82) is 0 Å². The first kappa shape index (κ1) is 21.2. The number of carbonyl (C=O) groups is 1. The van der Waals surface area contributed by atoms with E-state index in [1.165, 1.54) is 5.69 Å². The molecule has 162 valence electrons. The molecule has 1 saturated heterocycles. The Morgan fingerprint density at radius 2 is 1.74 bits per heavy atom. The van der Waals surface area contributed by atoms with E-state index in [1.807, 2.05) is 30.5 Å². The average Bonchev–Trinajstić information content (AvgIpc) is 3.28. The van der Waals surface area contributed by atoms with E-state index in [9.17, 15) is 4.79 Å². The van der Waals surface area contributed by atoms with E-state index in [1.54, 1.807) is 22.8 Å². The van der Waals surface area contributed by atoms with Crippen LogP contribution in [-0.2, 0) is 17.8 Å². The number of benzene rings is 2. The number of anilines is 1. The van der Waals surface area contributed by atoms with Crippen LogP contribution in [-0.4, -0.2) is 54.1 Å². The third kappa shape index (κ3) is 5.57. The lowest BCUT2D eigenvalue weighted by Gasteiger charge is -2.29. The minimum Gasteiger partial charge on any atom is -0.378 e. The molecule has 0 unspecified atom stereocenters. The number of rotatable bonds is 6. The van der Waals surface area contributed by atoms with Crippen LogP contribution < -0.4 is 10.2 Å². The zero-order valence-corrected chi connectivity index (χ0v) is 18.3. The lowest BCUT2D eigenvalue weighted by Crippen LogP contribution is -2.36. The molecule has 4 rings (SSSR count). The van der Waals surface area contributed by atoms with Crippen molar-refractivity contribution in [2.45, 2.75) is 13.1 Å². The molecule has 0 radical (unpaired) electrons. The van der Waals surface area contributed by atoms with Gasteiger partial charge in [0.25, 0.3) is 0 Å². The van der Waals surface area contributed by atoms with Gasteiger partial charge in [0.2, 0.25) is 0 Å². The SMILES string of the molecule is CN(Cc1ccc(N2CCOCC2)cc1)C(=O)NCc1cnn(-c2ccc(Cl)cc2)c1. The molecular weight excluding hydrogens is 414 g/mol. The van der Waals surface area contributed by atoms with Gasteiger partial charge in [-0.1, -0.05) is 23.7 Å². The Bertz CT molecular complexity index is 998. The summed E-state index contributed by atoms with van der Waals surface area (Å²) >= 11 is 5.93. The summed E-state index contributed by atoms with van der Waals surface area (Å²) in [5, 5.41) is 7.98. The number of ether oxygens (including phenoxy) is 1. The fraction of sp³-hybridized carbons (Fsp3) is 0.304. The summed E-state index contributed by atoms with van der Waals surface area (Å²) in [5.41, 5.74) is 4.12. The van der Waals surface area contributed by atoms with Gasteiger partial charge in [0.1, 0.15) is 0 Å². The van der Waals surface area contributed by atoms with Gasteiger partial charge in [0.15, 0.2) is 0 Å². The molecule has 1 aliphatic heterocycles. The molecule has 0 bridgehead atoms. The molecule has 1 aromatic heterocycles. The van der Waals surface area contributed by atoms with Gasteiger partial charge in [-0.3, -0.25) is 0 Å². The van der Waals surface area contributed by atoms with Crippen LogP contribution in [0, 0.1) is 0 Å². The predicted molar refractivity (Wildman–Crippen MR) is 122 cm³/mol. The Hall–Kier alpha value is -3.03. The Morgan fingerprint density at radius 3 is 2.45 bits per heavy atom. The highest BCUT2D eigenvalue weighted by molar-refractivity contribution is 6.30. The van der Waals surface area contributed by atoms with Gasteiger partial charge < -0.3 is 19.9 Å². The molecular formula is C23H26ClN5O2. The number of urea groups is 1. The molecule has 0 saturated carbocycles. The van der Waals surface area contributed by atoms with Gasteiger partial charge in [-0.15, -0.1) is 0 Å². The quantitative estimate of drug-likeness (QED) is 0.636. The standard InChI is InChI=1S/C23H26ClN5O2/c1-27(16-18-2-6-21(7-3-18)28-10-12-31-13-11-28)23(30)25-14-19-15-26-29(17-19)22-8-4-20(24)5-9-22/h2-9,15,17H,10-14,16H2,1H3,(H,25,30). The van der Waals surface area contributed by atoms with Crippen LogP contribution in [0.5, 0.6) is 0 Å². The maximum absolute atomic E-state index is 12.5. The molecule has 0 aliphatic carbocycles. The summed E-state index contributed by atoms with van der Waals surface area (Å²) in [6.45, 7) is 4.31. The summed E-state index contributed by atoms with van der Waals surface area (Å²) in [7, 11) is 1.79. The highest BCUT2D eigenvalue weighted by Crippen LogP contribution is 2.17. The average molecular weight is 440 g/mol. The van der Waals surface area contributed by atoms with Crippen molar-refractivity contribution in [2.75, 3.05) is 38.3 Å². The van der Waals surface area contributed by atoms with Crippen LogP contribution in [0.15, 0.2) is 60.9 Å². The highest BCUT2D eigenvalue weighted by Gasteiger charge is 2.13.